The molecule has 0 aliphatic rings. The van der Waals surface area contributed by atoms with E-state index in [9.17, 15) is 9.90 Å². The number of hydrogen-bond acceptors (Lipinski definition) is 3. The van der Waals surface area contributed by atoms with Gasteiger partial charge in [0.25, 0.3) is 0 Å². The predicted molar refractivity (Wildman–Crippen MR) is 79.3 cm³/mol. The molecule has 4 heteroatoms. The van der Waals surface area contributed by atoms with E-state index >= 15 is 0 Å². The number of esters is 1. The molecule has 0 saturated carbocycles. The SMILES string of the molecule is CCC(I)C(=O)Oc1cccc2c(O)cccc12. The highest BCUT2D eigenvalue weighted by Crippen LogP contribution is 2.31. The van der Waals surface area contributed by atoms with E-state index in [0.717, 1.165) is 11.8 Å². The molecule has 0 heterocycles. The lowest BCUT2D eigenvalue weighted by molar-refractivity contribution is -0.133. The monoisotopic (exact) mass is 356 g/mol. The molecule has 0 aliphatic heterocycles. The van der Waals surface area contributed by atoms with Crippen molar-refractivity contribution in [3.05, 3.63) is 36.4 Å². The summed E-state index contributed by atoms with van der Waals surface area (Å²) >= 11 is 2.06. The van der Waals surface area contributed by atoms with Gasteiger partial charge in [0.05, 0.1) is 0 Å². The Kier molecular flexibility index (Phi) is 4.06. The summed E-state index contributed by atoms with van der Waals surface area (Å²) in [6.45, 7) is 1.94. The number of carbonyl (C=O) groups excluding carboxylic acids is 1. The Bertz CT molecular complexity index is 580. The quantitative estimate of drug-likeness (QED) is 0.395. The minimum absolute atomic E-state index is 0.157. The molecule has 2 rings (SSSR count). The molecule has 94 valence electrons. The van der Waals surface area contributed by atoms with Gasteiger partial charge < -0.3 is 9.84 Å². The van der Waals surface area contributed by atoms with Crippen LogP contribution in [0.1, 0.15) is 13.3 Å². The van der Waals surface area contributed by atoms with Crippen molar-refractivity contribution in [3.8, 4) is 11.5 Å². The van der Waals surface area contributed by atoms with E-state index in [1.807, 2.05) is 13.0 Å². The Morgan fingerprint density at radius 2 is 1.94 bits per heavy atom. The average Bonchev–Trinajstić information content (AvgIpc) is 2.39. The van der Waals surface area contributed by atoms with Crippen molar-refractivity contribution in [2.24, 2.45) is 0 Å². The van der Waals surface area contributed by atoms with Crippen LogP contribution >= 0.6 is 22.6 Å². The van der Waals surface area contributed by atoms with Crippen molar-refractivity contribution in [1.82, 2.24) is 0 Å². The number of aromatic hydroxyl groups is 1. The van der Waals surface area contributed by atoms with Crippen LogP contribution < -0.4 is 4.74 Å². The van der Waals surface area contributed by atoms with E-state index in [-0.39, 0.29) is 15.6 Å². The molecule has 0 amide bonds. The molecule has 0 aliphatic carbocycles. The lowest BCUT2D eigenvalue weighted by atomic mass is 10.1. The van der Waals surface area contributed by atoms with Crippen molar-refractivity contribution in [2.45, 2.75) is 17.3 Å². The number of phenols is 1. The Morgan fingerprint density at radius 3 is 2.67 bits per heavy atom. The van der Waals surface area contributed by atoms with Gasteiger partial charge in [0.2, 0.25) is 0 Å². The number of hydrogen-bond donors (Lipinski definition) is 1. The van der Waals surface area contributed by atoms with Gasteiger partial charge in [-0.2, -0.15) is 0 Å². The predicted octanol–water partition coefficient (Wildman–Crippen LogP) is 3.66. The number of carbonyl (C=O) groups is 1. The number of rotatable bonds is 3. The number of ether oxygens (including phenoxy) is 1. The molecule has 0 spiro atoms. The van der Waals surface area contributed by atoms with Gasteiger partial charge in [0.15, 0.2) is 0 Å². The zero-order chi connectivity index (χ0) is 13.1. The molecule has 0 fully saturated rings. The summed E-state index contributed by atoms with van der Waals surface area (Å²) in [5.41, 5.74) is 0. The lowest BCUT2D eigenvalue weighted by Crippen LogP contribution is -2.19. The number of halogens is 1. The van der Waals surface area contributed by atoms with Gasteiger partial charge in [-0.15, -0.1) is 0 Å². The molecule has 2 aromatic rings. The highest BCUT2D eigenvalue weighted by Gasteiger charge is 2.16. The van der Waals surface area contributed by atoms with Crippen LogP contribution in [0.25, 0.3) is 10.8 Å². The summed E-state index contributed by atoms with van der Waals surface area (Å²) in [6, 6.07) is 10.5. The van der Waals surface area contributed by atoms with Crippen LogP contribution in [0.3, 0.4) is 0 Å². The number of alkyl halides is 1. The number of phenolic OH excluding ortho intramolecular Hbond substituents is 1. The highest BCUT2D eigenvalue weighted by molar-refractivity contribution is 14.1. The van der Waals surface area contributed by atoms with Crippen LogP contribution in [0.4, 0.5) is 0 Å². The summed E-state index contributed by atoms with van der Waals surface area (Å²) < 4.78 is 5.22. The van der Waals surface area contributed by atoms with Gasteiger partial charge in [-0.25, -0.2) is 0 Å². The molecule has 1 unspecified atom stereocenters. The summed E-state index contributed by atoms with van der Waals surface area (Å²) in [5, 5.41) is 11.2. The summed E-state index contributed by atoms with van der Waals surface area (Å²) in [4.78, 5) is 11.8. The van der Waals surface area contributed by atoms with Crippen LogP contribution in [0.2, 0.25) is 0 Å². The number of fused-ring (bicyclic) bond motifs is 1. The van der Waals surface area contributed by atoms with Crippen molar-refractivity contribution in [3.63, 3.8) is 0 Å². The van der Waals surface area contributed by atoms with Crippen LogP contribution in [0, 0.1) is 0 Å². The lowest BCUT2D eigenvalue weighted by Gasteiger charge is -2.10. The second-order valence-electron chi connectivity index (χ2n) is 3.93. The summed E-state index contributed by atoms with van der Waals surface area (Å²) in [6.07, 6.45) is 0.732. The summed E-state index contributed by atoms with van der Waals surface area (Å²) in [5.74, 6) is 0.421. The third-order valence-corrected chi connectivity index (χ3v) is 4.07. The molecule has 18 heavy (non-hydrogen) atoms. The normalized spacial score (nSPS) is 12.3. The second-order valence-corrected chi connectivity index (χ2v) is 5.43. The van der Waals surface area contributed by atoms with E-state index in [1.54, 1.807) is 30.3 Å². The first-order valence-corrected chi connectivity index (χ1v) is 6.94. The molecule has 0 aromatic heterocycles. The van der Waals surface area contributed by atoms with E-state index in [4.69, 9.17) is 4.74 Å². The van der Waals surface area contributed by atoms with E-state index in [1.165, 1.54) is 0 Å². The molecule has 1 N–H and O–H groups in total. The van der Waals surface area contributed by atoms with Crippen molar-refractivity contribution >= 4 is 39.3 Å². The standard InChI is InChI=1S/C14H13IO3/c1-2-11(15)14(17)18-13-8-4-5-9-10(13)6-3-7-12(9)16/h3-8,11,16H,2H2,1H3. The van der Waals surface area contributed by atoms with Crippen molar-refractivity contribution in [1.29, 1.82) is 0 Å². The molecule has 2 aromatic carbocycles. The average molecular weight is 356 g/mol. The van der Waals surface area contributed by atoms with Gasteiger partial charge in [-0.1, -0.05) is 53.8 Å². The van der Waals surface area contributed by atoms with E-state index in [0.29, 0.717) is 11.1 Å². The van der Waals surface area contributed by atoms with E-state index < -0.39 is 0 Å². The minimum atomic E-state index is -0.256. The van der Waals surface area contributed by atoms with Crippen LogP contribution in [-0.4, -0.2) is 15.0 Å². The Balaban J connectivity index is 2.40. The maximum Gasteiger partial charge on any atom is 0.324 e. The maximum atomic E-state index is 11.8. The zero-order valence-electron chi connectivity index (χ0n) is 9.89. The molecule has 0 radical (unpaired) electrons. The topological polar surface area (TPSA) is 46.5 Å². The molecular weight excluding hydrogens is 343 g/mol. The molecule has 3 nitrogen and oxygen atoms in total. The number of benzene rings is 2. The Labute approximate surface area is 119 Å². The van der Waals surface area contributed by atoms with Gasteiger partial charge in [0, 0.05) is 10.8 Å². The zero-order valence-corrected chi connectivity index (χ0v) is 12.0. The van der Waals surface area contributed by atoms with Gasteiger partial charge in [-0.3, -0.25) is 4.79 Å². The largest absolute Gasteiger partial charge is 0.507 e. The van der Waals surface area contributed by atoms with E-state index in [2.05, 4.69) is 22.6 Å². The fraction of sp³-hybridized carbons (Fsp3) is 0.214. The first-order valence-electron chi connectivity index (χ1n) is 5.70. The third kappa shape index (κ3) is 2.58. The van der Waals surface area contributed by atoms with Crippen molar-refractivity contribution < 1.29 is 14.6 Å². The molecule has 1 atom stereocenters. The van der Waals surface area contributed by atoms with Gasteiger partial charge in [0.1, 0.15) is 15.4 Å². The van der Waals surface area contributed by atoms with Crippen LogP contribution in [0.15, 0.2) is 36.4 Å². The molecular formula is C14H13IO3. The fourth-order valence-electron chi connectivity index (χ4n) is 1.69. The Morgan fingerprint density at radius 1 is 1.28 bits per heavy atom. The van der Waals surface area contributed by atoms with Crippen molar-refractivity contribution in [2.75, 3.05) is 0 Å². The van der Waals surface area contributed by atoms with Gasteiger partial charge in [-0.05, 0) is 18.6 Å². The fourth-order valence-corrected chi connectivity index (χ4v) is 1.82. The van der Waals surface area contributed by atoms with Gasteiger partial charge >= 0.3 is 5.97 Å². The van der Waals surface area contributed by atoms with Crippen LogP contribution in [-0.2, 0) is 4.79 Å². The maximum absolute atomic E-state index is 11.8. The Hall–Kier alpha value is -1.30. The molecule has 0 bridgehead atoms. The minimum Gasteiger partial charge on any atom is -0.507 e. The first-order chi connectivity index (χ1) is 8.63. The smallest absolute Gasteiger partial charge is 0.324 e. The molecule has 0 saturated heterocycles. The summed E-state index contributed by atoms with van der Waals surface area (Å²) in [7, 11) is 0. The first kappa shape index (κ1) is 13.1. The highest BCUT2D eigenvalue weighted by atomic mass is 127. The second kappa shape index (κ2) is 5.56. The third-order valence-electron chi connectivity index (χ3n) is 2.68. The van der Waals surface area contributed by atoms with Crippen LogP contribution in [0.5, 0.6) is 11.5 Å².